The third-order valence-corrected chi connectivity index (χ3v) is 4.47. The summed E-state index contributed by atoms with van der Waals surface area (Å²) in [5.74, 6) is -3.23. The summed E-state index contributed by atoms with van der Waals surface area (Å²) in [6, 6.07) is 8.78. The van der Waals surface area contributed by atoms with Crippen LogP contribution in [-0.4, -0.2) is 21.9 Å². The van der Waals surface area contributed by atoms with E-state index < -0.39 is 29.4 Å². The third-order valence-electron chi connectivity index (χ3n) is 4.24. The second-order valence-corrected chi connectivity index (χ2v) is 6.91. The lowest BCUT2D eigenvalue weighted by Gasteiger charge is -2.10. The minimum Gasteiger partial charge on any atom is -0.310 e. The summed E-state index contributed by atoms with van der Waals surface area (Å²) >= 11 is 5.93. The summed E-state index contributed by atoms with van der Waals surface area (Å²) in [5, 5.41) is 8.36. The number of amidine groups is 1. The van der Waals surface area contributed by atoms with Gasteiger partial charge in [-0.3, -0.25) is 9.89 Å². The maximum atomic E-state index is 13.5. The van der Waals surface area contributed by atoms with Crippen molar-refractivity contribution in [1.82, 2.24) is 15.5 Å². The zero-order valence-electron chi connectivity index (χ0n) is 15.8. The highest BCUT2D eigenvalue weighted by Gasteiger charge is 2.36. The van der Waals surface area contributed by atoms with Gasteiger partial charge in [0.1, 0.15) is 5.84 Å². The Morgan fingerprint density at radius 2 is 1.90 bits per heavy atom. The maximum absolute atomic E-state index is 13.5. The lowest BCUT2D eigenvalue weighted by molar-refractivity contribution is -0.141. The minimum atomic E-state index is -4.65. The molecule has 31 heavy (non-hydrogen) atoms. The first-order valence-electron chi connectivity index (χ1n) is 8.75. The maximum Gasteiger partial charge on any atom is 0.435 e. The molecule has 162 valence electrons. The Morgan fingerprint density at radius 1 is 1.16 bits per heavy atom. The molecule has 0 fully saturated rings. The number of rotatable bonds is 4. The molecule has 0 unspecified atom stereocenters. The van der Waals surface area contributed by atoms with Gasteiger partial charge in [-0.2, -0.15) is 18.3 Å². The van der Waals surface area contributed by atoms with Gasteiger partial charge in [-0.15, -0.1) is 0 Å². The van der Waals surface area contributed by atoms with Crippen LogP contribution in [0.25, 0.3) is 0 Å². The predicted octanol–water partition coefficient (Wildman–Crippen LogP) is 5.37. The smallest absolute Gasteiger partial charge is 0.310 e. The monoisotopic (exact) mass is 456 g/mol. The fourth-order valence-electron chi connectivity index (χ4n) is 2.70. The topological polar surface area (TPSA) is 70.1 Å². The van der Waals surface area contributed by atoms with Crippen LogP contribution >= 0.6 is 11.6 Å². The van der Waals surface area contributed by atoms with E-state index in [4.69, 9.17) is 11.6 Å². The molecule has 2 N–H and O–H groups in total. The van der Waals surface area contributed by atoms with Crippen LogP contribution in [0.3, 0.4) is 0 Å². The average molecular weight is 457 g/mol. The molecule has 11 heteroatoms. The third kappa shape index (κ3) is 5.46. The van der Waals surface area contributed by atoms with Crippen molar-refractivity contribution in [2.24, 2.45) is 4.99 Å². The van der Waals surface area contributed by atoms with E-state index in [0.717, 1.165) is 12.1 Å². The van der Waals surface area contributed by atoms with Gasteiger partial charge in [-0.1, -0.05) is 17.7 Å². The van der Waals surface area contributed by atoms with Crippen LogP contribution in [0.4, 0.5) is 27.6 Å². The number of hydrogen-bond acceptors (Lipinski definition) is 3. The highest BCUT2D eigenvalue weighted by molar-refractivity contribution is 6.30. The number of H-pyrrole nitrogens is 1. The lowest BCUT2D eigenvalue weighted by Crippen LogP contribution is -2.32. The summed E-state index contributed by atoms with van der Waals surface area (Å²) in [6.45, 7) is 1.23. The predicted molar refractivity (Wildman–Crippen MR) is 104 cm³/mol. The van der Waals surface area contributed by atoms with Crippen molar-refractivity contribution in [2.45, 2.75) is 19.5 Å². The molecule has 0 atom stereocenters. The van der Waals surface area contributed by atoms with Crippen molar-refractivity contribution < 1.29 is 26.7 Å². The van der Waals surface area contributed by atoms with E-state index in [1.54, 1.807) is 18.2 Å². The van der Waals surface area contributed by atoms with Gasteiger partial charge in [-0.25, -0.2) is 13.8 Å². The Hall–Kier alpha value is -3.27. The molecule has 1 aromatic heterocycles. The van der Waals surface area contributed by atoms with Crippen LogP contribution < -0.4 is 5.32 Å². The number of alkyl halides is 3. The number of carbonyl (C=O) groups excluding carboxylic acids is 1. The number of aliphatic imine (C=N–C) groups is 1. The highest BCUT2D eigenvalue weighted by Crippen LogP contribution is 2.31. The first kappa shape index (κ1) is 22.4. The van der Waals surface area contributed by atoms with Crippen molar-refractivity contribution >= 4 is 29.0 Å². The molecule has 1 heterocycles. The Kier molecular flexibility index (Phi) is 6.40. The fraction of sp³-hybridized carbons (Fsp3) is 0.150. The van der Waals surface area contributed by atoms with Gasteiger partial charge >= 0.3 is 6.18 Å². The van der Waals surface area contributed by atoms with Gasteiger partial charge in [0, 0.05) is 28.3 Å². The molecule has 0 aliphatic rings. The highest BCUT2D eigenvalue weighted by atomic mass is 35.5. The Bertz CT molecular complexity index is 1160. The van der Waals surface area contributed by atoms with Crippen LogP contribution in [-0.2, 0) is 12.6 Å². The molecule has 5 nitrogen and oxygen atoms in total. The number of aromatic nitrogens is 2. The van der Waals surface area contributed by atoms with Gasteiger partial charge in [-0.05, 0) is 43.3 Å². The molecule has 0 spiro atoms. The van der Waals surface area contributed by atoms with Crippen molar-refractivity contribution in [1.29, 1.82) is 0 Å². The van der Waals surface area contributed by atoms with E-state index >= 15 is 0 Å². The van der Waals surface area contributed by atoms with Crippen LogP contribution in [0.2, 0.25) is 5.02 Å². The molecule has 0 aliphatic heterocycles. The molecule has 0 saturated heterocycles. The van der Waals surface area contributed by atoms with Crippen molar-refractivity contribution in [3.05, 3.63) is 81.6 Å². The summed E-state index contributed by atoms with van der Waals surface area (Å²) in [4.78, 5) is 16.7. The largest absolute Gasteiger partial charge is 0.435 e. The summed E-state index contributed by atoms with van der Waals surface area (Å²) in [7, 11) is 0. The first-order valence-corrected chi connectivity index (χ1v) is 9.13. The molecule has 3 aromatic rings. The van der Waals surface area contributed by atoms with Crippen molar-refractivity contribution in [3.63, 3.8) is 0 Å². The lowest BCUT2D eigenvalue weighted by atomic mass is 10.1. The van der Waals surface area contributed by atoms with E-state index in [1.165, 1.54) is 13.0 Å². The standard InChI is InChI=1S/C20H14ClF5N4O/c1-10-16(29-30-18(10)20(24,25)26)9-17(27-13-4-2-3-12(21)8-13)28-19(31)11-5-6-14(22)15(23)7-11/h2-8H,9H2,1H3,(H,29,30)(H,27,28,31). The number of benzene rings is 2. The zero-order chi connectivity index (χ0) is 22.8. The SMILES string of the molecule is Cc1c(C(F)(F)F)n[nH]c1CC(=Nc1cccc(Cl)c1)NC(=O)c1ccc(F)c(F)c1. The van der Waals surface area contributed by atoms with Gasteiger partial charge in [0.25, 0.3) is 5.91 Å². The van der Waals surface area contributed by atoms with E-state index in [0.29, 0.717) is 16.8 Å². The van der Waals surface area contributed by atoms with Crippen molar-refractivity contribution in [2.75, 3.05) is 0 Å². The van der Waals surface area contributed by atoms with E-state index in [9.17, 15) is 26.7 Å². The molecule has 1 amide bonds. The summed E-state index contributed by atoms with van der Waals surface area (Å²) in [5.41, 5.74) is -1.06. The minimum absolute atomic E-state index is 0.0579. The molecule has 0 aliphatic carbocycles. The average Bonchev–Trinajstić information content (AvgIpc) is 3.04. The van der Waals surface area contributed by atoms with Gasteiger partial charge in [0.2, 0.25) is 0 Å². The number of amides is 1. The van der Waals surface area contributed by atoms with Gasteiger partial charge in [0.05, 0.1) is 5.69 Å². The van der Waals surface area contributed by atoms with Crippen LogP contribution in [0.1, 0.15) is 27.3 Å². The molecule has 0 radical (unpaired) electrons. The first-order chi connectivity index (χ1) is 14.5. The number of nitrogens with one attached hydrogen (secondary N) is 2. The zero-order valence-corrected chi connectivity index (χ0v) is 16.6. The van der Waals surface area contributed by atoms with Gasteiger partial charge < -0.3 is 5.32 Å². The summed E-state index contributed by atoms with van der Waals surface area (Å²) < 4.78 is 65.7. The van der Waals surface area contributed by atoms with E-state index in [-0.39, 0.29) is 29.1 Å². The van der Waals surface area contributed by atoms with E-state index in [1.807, 2.05) is 0 Å². The van der Waals surface area contributed by atoms with E-state index in [2.05, 4.69) is 20.5 Å². The number of aromatic amines is 1. The van der Waals surface area contributed by atoms with Crippen molar-refractivity contribution in [3.8, 4) is 0 Å². The quantitative estimate of drug-likeness (QED) is 0.315. The Balaban J connectivity index is 1.94. The summed E-state index contributed by atoms with van der Waals surface area (Å²) in [6.07, 6.45) is -4.91. The number of hydrogen-bond donors (Lipinski definition) is 2. The van der Waals surface area contributed by atoms with Gasteiger partial charge in [0.15, 0.2) is 17.3 Å². The van der Waals surface area contributed by atoms with Crippen LogP contribution in [0.5, 0.6) is 0 Å². The molecule has 2 aromatic carbocycles. The molecule has 0 bridgehead atoms. The molecule has 0 saturated carbocycles. The molecular formula is C20H14ClF5N4O. The molecular weight excluding hydrogens is 443 g/mol. The Morgan fingerprint density at radius 3 is 2.52 bits per heavy atom. The van der Waals surface area contributed by atoms with Crippen LogP contribution in [0.15, 0.2) is 47.5 Å². The second-order valence-electron chi connectivity index (χ2n) is 6.47. The van der Waals surface area contributed by atoms with Crippen LogP contribution in [0, 0.1) is 18.6 Å². The normalized spacial score (nSPS) is 12.2. The number of nitrogens with zero attached hydrogens (tertiary/aromatic N) is 2. The molecule has 3 rings (SSSR count). The number of carbonyl (C=O) groups is 1. The Labute approximate surface area is 178 Å². The second kappa shape index (κ2) is 8.84. The number of halogens is 6. The fourth-order valence-corrected chi connectivity index (χ4v) is 2.89.